The van der Waals surface area contributed by atoms with Crippen LogP contribution < -0.4 is 5.32 Å². The fourth-order valence-electron chi connectivity index (χ4n) is 2.80. The molecule has 2 heterocycles. The summed E-state index contributed by atoms with van der Waals surface area (Å²) < 4.78 is 5.40. The van der Waals surface area contributed by atoms with E-state index in [-0.39, 0.29) is 5.91 Å². The first-order chi connectivity index (χ1) is 10.2. The van der Waals surface area contributed by atoms with E-state index in [1.165, 1.54) is 0 Å². The smallest absolute Gasteiger partial charge is 0.220 e. The number of nitrogens with zero attached hydrogens (tertiary/aromatic N) is 1. The topological polar surface area (TPSA) is 67.0 Å². The first kappa shape index (κ1) is 14.1. The molecule has 21 heavy (non-hydrogen) atoms. The van der Waals surface area contributed by atoms with Crippen LogP contribution in [0.25, 0.3) is 11.0 Å². The number of ether oxygens (including phenoxy) is 1. The van der Waals surface area contributed by atoms with Gasteiger partial charge in [0, 0.05) is 19.6 Å². The number of imidazole rings is 1. The van der Waals surface area contributed by atoms with Crippen LogP contribution in [0.5, 0.6) is 0 Å². The van der Waals surface area contributed by atoms with Crippen LogP contribution in [0, 0.1) is 12.8 Å². The van der Waals surface area contributed by atoms with Gasteiger partial charge in [-0.2, -0.15) is 0 Å². The summed E-state index contributed by atoms with van der Waals surface area (Å²) in [7, 11) is 0. The van der Waals surface area contributed by atoms with E-state index < -0.39 is 0 Å². The van der Waals surface area contributed by atoms with Crippen molar-refractivity contribution in [3.8, 4) is 0 Å². The second-order valence-corrected chi connectivity index (χ2v) is 5.72. The lowest BCUT2D eigenvalue weighted by molar-refractivity contribution is -0.123. The summed E-state index contributed by atoms with van der Waals surface area (Å²) in [5.41, 5.74) is 3.13. The van der Waals surface area contributed by atoms with Gasteiger partial charge in [-0.1, -0.05) is 12.1 Å². The Bertz CT molecular complexity index is 629. The number of aromatic amines is 1. The minimum absolute atomic E-state index is 0.0719. The van der Waals surface area contributed by atoms with Crippen LogP contribution in [0.1, 0.15) is 30.7 Å². The monoisotopic (exact) mass is 287 g/mol. The van der Waals surface area contributed by atoms with Crippen LogP contribution in [0.4, 0.5) is 0 Å². The second-order valence-electron chi connectivity index (χ2n) is 5.72. The van der Waals surface area contributed by atoms with Crippen molar-refractivity contribution in [2.24, 2.45) is 5.92 Å². The molecule has 5 heteroatoms. The number of amides is 1. The number of fused-ring (bicyclic) bond motifs is 1. The largest absolute Gasteiger partial charge is 0.381 e. The quantitative estimate of drug-likeness (QED) is 0.906. The summed E-state index contributed by atoms with van der Waals surface area (Å²) in [4.78, 5) is 19.7. The van der Waals surface area contributed by atoms with Crippen LogP contribution in [0.2, 0.25) is 0 Å². The summed E-state index contributed by atoms with van der Waals surface area (Å²) in [6, 6.07) is 6.04. The molecular weight excluding hydrogens is 266 g/mol. The third-order valence-corrected chi connectivity index (χ3v) is 3.95. The third-order valence-electron chi connectivity index (χ3n) is 3.95. The summed E-state index contributed by atoms with van der Waals surface area (Å²) in [6.45, 7) is 4.02. The van der Waals surface area contributed by atoms with Gasteiger partial charge in [0.1, 0.15) is 5.82 Å². The predicted molar refractivity (Wildman–Crippen MR) is 80.8 cm³/mol. The van der Waals surface area contributed by atoms with E-state index in [2.05, 4.69) is 15.3 Å². The maximum atomic E-state index is 12.0. The van der Waals surface area contributed by atoms with E-state index in [4.69, 9.17) is 4.74 Å². The van der Waals surface area contributed by atoms with Crippen LogP contribution in [0.3, 0.4) is 0 Å². The van der Waals surface area contributed by atoms with Gasteiger partial charge in [0.15, 0.2) is 0 Å². The fourth-order valence-corrected chi connectivity index (χ4v) is 2.80. The van der Waals surface area contributed by atoms with Gasteiger partial charge < -0.3 is 15.0 Å². The van der Waals surface area contributed by atoms with E-state index in [0.29, 0.717) is 25.5 Å². The molecule has 1 aromatic heterocycles. The van der Waals surface area contributed by atoms with E-state index in [1.54, 1.807) is 0 Å². The molecule has 1 aliphatic rings. The van der Waals surface area contributed by atoms with Gasteiger partial charge in [-0.25, -0.2) is 4.98 Å². The molecule has 0 radical (unpaired) electrons. The fraction of sp³-hybridized carbons (Fsp3) is 0.500. The van der Waals surface area contributed by atoms with Crippen molar-refractivity contribution in [2.75, 3.05) is 13.2 Å². The molecule has 0 saturated carbocycles. The molecule has 0 bridgehead atoms. The number of aromatic nitrogens is 2. The number of rotatable bonds is 4. The zero-order valence-electron chi connectivity index (χ0n) is 12.3. The number of hydrogen-bond donors (Lipinski definition) is 2. The van der Waals surface area contributed by atoms with E-state index >= 15 is 0 Å². The normalized spacial score (nSPS) is 18.8. The predicted octanol–water partition coefficient (Wildman–Crippen LogP) is 2.30. The Morgan fingerprint density at radius 3 is 3.19 bits per heavy atom. The van der Waals surface area contributed by atoms with E-state index in [9.17, 15) is 4.79 Å². The Hall–Kier alpha value is -1.88. The molecule has 112 valence electrons. The number of carbonyl (C=O) groups is 1. The van der Waals surface area contributed by atoms with Crippen LogP contribution >= 0.6 is 0 Å². The highest BCUT2D eigenvalue weighted by Gasteiger charge is 2.17. The van der Waals surface area contributed by atoms with Crippen LogP contribution in [-0.2, 0) is 16.1 Å². The molecule has 1 atom stereocenters. The lowest BCUT2D eigenvalue weighted by atomic mass is 9.98. The van der Waals surface area contributed by atoms with Crippen LogP contribution in [0.15, 0.2) is 18.2 Å². The summed E-state index contributed by atoms with van der Waals surface area (Å²) in [5.74, 6) is 1.23. The molecule has 2 N–H and O–H groups in total. The molecule has 0 unspecified atom stereocenters. The van der Waals surface area contributed by atoms with Crippen molar-refractivity contribution in [1.82, 2.24) is 15.3 Å². The number of benzene rings is 1. The Morgan fingerprint density at radius 2 is 2.43 bits per heavy atom. The number of aryl methyl sites for hydroxylation is 1. The van der Waals surface area contributed by atoms with Gasteiger partial charge in [0.2, 0.25) is 5.91 Å². The molecule has 1 saturated heterocycles. The van der Waals surface area contributed by atoms with Crippen molar-refractivity contribution < 1.29 is 9.53 Å². The second kappa shape index (κ2) is 6.26. The standard InChI is InChI=1S/C16H21N3O2/c1-11-4-2-6-13-16(11)19-14(18-13)9-17-15(20)8-12-5-3-7-21-10-12/h2,4,6,12H,3,5,7-10H2,1H3,(H,17,20)(H,18,19)/t12-/m1/s1. The van der Waals surface area contributed by atoms with E-state index in [0.717, 1.165) is 41.9 Å². The molecular formula is C16H21N3O2. The Morgan fingerprint density at radius 1 is 1.52 bits per heavy atom. The molecule has 3 rings (SSSR count). The van der Waals surface area contributed by atoms with Crippen molar-refractivity contribution in [3.05, 3.63) is 29.6 Å². The average molecular weight is 287 g/mol. The Balaban J connectivity index is 1.55. The van der Waals surface area contributed by atoms with Crippen molar-refractivity contribution in [1.29, 1.82) is 0 Å². The summed E-state index contributed by atoms with van der Waals surface area (Å²) in [6.07, 6.45) is 2.68. The molecule has 5 nitrogen and oxygen atoms in total. The van der Waals surface area contributed by atoms with E-state index in [1.807, 2.05) is 25.1 Å². The first-order valence-electron chi connectivity index (χ1n) is 7.51. The number of carbonyl (C=O) groups excluding carboxylic acids is 1. The Labute approximate surface area is 124 Å². The Kier molecular flexibility index (Phi) is 4.20. The molecule has 1 aliphatic heterocycles. The number of nitrogens with one attached hydrogen (secondary N) is 2. The molecule has 1 amide bonds. The SMILES string of the molecule is Cc1cccc2[nH]c(CNC(=O)C[C@H]3CCCOC3)nc12. The van der Waals surface area contributed by atoms with Crippen molar-refractivity contribution >= 4 is 16.9 Å². The van der Waals surface area contributed by atoms with Crippen LogP contribution in [-0.4, -0.2) is 29.1 Å². The molecule has 1 fully saturated rings. The van der Waals surface area contributed by atoms with Gasteiger partial charge in [-0.3, -0.25) is 4.79 Å². The zero-order chi connectivity index (χ0) is 14.7. The van der Waals surface area contributed by atoms with Gasteiger partial charge in [-0.05, 0) is 37.3 Å². The summed E-state index contributed by atoms with van der Waals surface area (Å²) >= 11 is 0. The molecule has 1 aromatic carbocycles. The molecule has 2 aromatic rings. The van der Waals surface area contributed by atoms with Gasteiger partial charge in [0.05, 0.1) is 17.6 Å². The summed E-state index contributed by atoms with van der Waals surface area (Å²) in [5, 5.41) is 2.94. The highest BCUT2D eigenvalue weighted by Crippen LogP contribution is 2.17. The van der Waals surface area contributed by atoms with Gasteiger partial charge >= 0.3 is 0 Å². The van der Waals surface area contributed by atoms with Gasteiger partial charge in [-0.15, -0.1) is 0 Å². The lowest BCUT2D eigenvalue weighted by Crippen LogP contribution is -2.28. The van der Waals surface area contributed by atoms with Gasteiger partial charge in [0.25, 0.3) is 0 Å². The zero-order valence-corrected chi connectivity index (χ0v) is 12.3. The highest BCUT2D eigenvalue weighted by atomic mass is 16.5. The third kappa shape index (κ3) is 3.42. The minimum atomic E-state index is 0.0719. The molecule has 0 aliphatic carbocycles. The molecule has 0 spiro atoms. The maximum absolute atomic E-state index is 12.0. The average Bonchev–Trinajstić information content (AvgIpc) is 2.91. The number of H-pyrrole nitrogens is 1. The lowest BCUT2D eigenvalue weighted by Gasteiger charge is -2.21. The maximum Gasteiger partial charge on any atom is 0.220 e. The van der Waals surface area contributed by atoms with Crippen molar-refractivity contribution in [3.63, 3.8) is 0 Å². The highest BCUT2D eigenvalue weighted by molar-refractivity contribution is 5.79. The van der Waals surface area contributed by atoms with Crippen molar-refractivity contribution in [2.45, 2.75) is 32.7 Å². The first-order valence-corrected chi connectivity index (χ1v) is 7.51. The number of hydrogen-bond acceptors (Lipinski definition) is 3. The number of para-hydroxylation sites is 1. The minimum Gasteiger partial charge on any atom is -0.381 e.